The van der Waals surface area contributed by atoms with Crippen LogP contribution in [-0.4, -0.2) is 30.7 Å². The highest BCUT2D eigenvalue weighted by Crippen LogP contribution is 2.30. The van der Waals surface area contributed by atoms with Crippen LogP contribution in [0.3, 0.4) is 0 Å². The van der Waals surface area contributed by atoms with Crippen molar-refractivity contribution in [3.05, 3.63) is 59.7 Å². The first-order valence-corrected chi connectivity index (χ1v) is 6.75. The summed E-state index contributed by atoms with van der Waals surface area (Å²) in [6.07, 6.45) is 3.96. The molecule has 6 heteroatoms. The first-order valence-electron chi connectivity index (χ1n) is 6.75. The lowest BCUT2D eigenvalue weighted by Crippen LogP contribution is -2.27. The molecule has 1 atom stereocenters. The Bertz CT molecular complexity index is 622. The molecule has 1 amide bonds. The smallest absolute Gasteiger partial charge is 0.417 e. The van der Waals surface area contributed by atoms with Crippen LogP contribution >= 0.6 is 0 Å². The van der Waals surface area contributed by atoms with Crippen molar-refractivity contribution in [2.24, 2.45) is 0 Å². The van der Waals surface area contributed by atoms with E-state index >= 15 is 0 Å². The third kappa shape index (κ3) is 3.33. The maximum atomic E-state index is 13.0. The summed E-state index contributed by atoms with van der Waals surface area (Å²) in [5.74, 6) is -1.34. The molecule has 0 saturated carbocycles. The number of methoxy groups -OCH3 is 1. The zero-order valence-electron chi connectivity index (χ0n) is 12.3. The highest BCUT2D eigenvalue weighted by Gasteiger charge is 2.27. The summed E-state index contributed by atoms with van der Waals surface area (Å²) >= 11 is 0. The molecular formula is C16H16FNO4. The molecule has 1 aromatic rings. The fraction of sp³-hybridized carbons (Fsp3) is 0.250. The summed E-state index contributed by atoms with van der Waals surface area (Å²) in [5.41, 5.74) is 0.988. The van der Waals surface area contributed by atoms with Crippen LogP contribution in [-0.2, 0) is 14.3 Å². The number of hydrogen-bond donors (Lipinski definition) is 0. The molecule has 0 radical (unpaired) electrons. The molecule has 0 bridgehead atoms. The molecule has 116 valence electrons. The van der Waals surface area contributed by atoms with Gasteiger partial charge >= 0.3 is 12.1 Å². The average Bonchev–Trinajstić information content (AvgIpc) is 2.54. The molecule has 1 unspecified atom stereocenters. The number of carbonyl (C=O) groups is 2. The van der Waals surface area contributed by atoms with Gasteiger partial charge in [-0.2, -0.15) is 0 Å². The first-order chi connectivity index (χ1) is 10.6. The number of benzene rings is 1. The number of halogens is 1. The molecule has 22 heavy (non-hydrogen) atoms. The Morgan fingerprint density at radius 1 is 1.27 bits per heavy atom. The molecule has 0 N–H and O–H groups in total. The van der Waals surface area contributed by atoms with Crippen LogP contribution in [0.15, 0.2) is 48.3 Å². The lowest BCUT2D eigenvalue weighted by atomic mass is 9.90. The van der Waals surface area contributed by atoms with E-state index in [-0.39, 0.29) is 18.0 Å². The number of esters is 1. The van der Waals surface area contributed by atoms with Crippen LogP contribution in [0.25, 0.3) is 0 Å². The van der Waals surface area contributed by atoms with Gasteiger partial charge in [0.15, 0.2) is 0 Å². The number of amides is 1. The Hall–Kier alpha value is -2.63. The maximum absolute atomic E-state index is 13.0. The van der Waals surface area contributed by atoms with Crippen molar-refractivity contribution in [3.63, 3.8) is 0 Å². The fourth-order valence-corrected chi connectivity index (χ4v) is 2.13. The van der Waals surface area contributed by atoms with Gasteiger partial charge in [-0.15, -0.1) is 0 Å². The predicted molar refractivity (Wildman–Crippen MR) is 77.2 cm³/mol. The molecule has 0 spiro atoms. The molecule has 5 nitrogen and oxygen atoms in total. The van der Waals surface area contributed by atoms with Crippen molar-refractivity contribution in [3.8, 4) is 0 Å². The summed E-state index contributed by atoms with van der Waals surface area (Å²) in [7, 11) is 1.26. The van der Waals surface area contributed by atoms with E-state index < -0.39 is 18.0 Å². The van der Waals surface area contributed by atoms with Gasteiger partial charge in [0.1, 0.15) is 5.82 Å². The lowest BCUT2D eigenvalue weighted by molar-refractivity contribution is -0.136. The molecule has 0 fully saturated rings. The van der Waals surface area contributed by atoms with E-state index in [1.807, 2.05) is 0 Å². The zero-order chi connectivity index (χ0) is 16.1. The van der Waals surface area contributed by atoms with Crippen molar-refractivity contribution in [2.75, 3.05) is 13.7 Å². The molecule has 0 aromatic heterocycles. The van der Waals surface area contributed by atoms with Gasteiger partial charge in [0.25, 0.3) is 0 Å². The number of carbonyl (C=O) groups excluding carboxylic acids is 2. The lowest BCUT2D eigenvalue weighted by Gasteiger charge is -2.24. The van der Waals surface area contributed by atoms with Crippen LogP contribution < -0.4 is 0 Å². The second-order valence-corrected chi connectivity index (χ2v) is 4.55. The molecule has 2 rings (SSSR count). The van der Waals surface area contributed by atoms with Gasteiger partial charge < -0.3 is 9.47 Å². The molecule has 1 aliphatic heterocycles. The van der Waals surface area contributed by atoms with Crippen molar-refractivity contribution in [1.82, 2.24) is 4.90 Å². The highest BCUT2D eigenvalue weighted by molar-refractivity contribution is 5.92. The maximum Gasteiger partial charge on any atom is 0.417 e. The van der Waals surface area contributed by atoms with E-state index in [9.17, 15) is 14.0 Å². The molecule has 1 aromatic carbocycles. The van der Waals surface area contributed by atoms with E-state index in [0.717, 1.165) is 5.56 Å². The summed E-state index contributed by atoms with van der Waals surface area (Å²) in [6, 6.07) is 5.80. The van der Waals surface area contributed by atoms with Gasteiger partial charge in [-0.1, -0.05) is 18.2 Å². The average molecular weight is 305 g/mol. The van der Waals surface area contributed by atoms with Crippen LogP contribution in [0.1, 0.15) is 18.4 Å². The van der Waals surface area contributed by atoms with E-state index in [1.54, 1.807) is 25.1 Å². The Balaban J connectivity index is 2.33. The van der Waals surface area contributed by atoms with E-state index in [2.05, 4.69) is 0 Å². The van der Waals surface area contributed by atoms with Gasteiger partial charge in [-0.05, 0) is 24.6 Å². The second-order valence-electron chi connectivity index (χ2n) is 4.55. The number of ether oxygens (including phenoxy) is 2. The third-order valence-electron chi connectivity index (χ3n) is 3.18. The second kappa shape index (κ2) is 6.89. The highest BCUT2D eigenvalue weighted by atomic mass is 19.1. The minimum Gasteiger partial charge on any atom is -0.466 e. The van der Waals surface area contributed by atoms with E-state index in [4.69, 9.17) is 9.47 Å². The predicted octanol–water partition coefficient (Wildman–Crippen LogP) is 2.95. The molecular weight excluding hydrogens is 289 g/mol. The van der Waals surface area contributed by atoms with Gasteiger partial charge in [0, 0.05) is 18.3 Å². The number of hydrogen-bond acceptors (Lipinski definition) is 4. The largest absolute Gasteiger partial charge is 0.466 e. The standard InChI is InChI=1S/C16H16FNO4/c1-3-22-16(20)18-9-8-13(14(10-18)15(19)21-2)11-4-6-12(17)7-5-11/h4-10,13H,3H2,1-2H3. The Kier molecular flexibility index (Phi) is 4.93. The summed E-state index contributed by atoms with van der Waals surface area (Å²) in [4.78, 5) is 24.9. The zero-order valence-corrected chi connectivity index (χ0v) is 12.3. The minimum atomic E-state index is -0.585. The number of allylic oxidation sites excluding steroid dienone is 1. The van der Waals surface area contributed by atoms with Gasteiger partial charge in [-0.25, -0.2) is 14.0 Å². The van der Waals surface area contributed by atoms with Crippen LogP contribution in [0.5, 0.6) is 0 Å². The molecule has 0 saturated heterocycles. The van der Waals surface area contributed by atoms with Gasteiger partial charge in [0.05, 0.1) is 19.3 Å². The van der Waals surface area contributed by atoms with Crippen molar-refractivity contribution in [2.45, 2.75) is 12.8 Å². The molecule has 1 aliphatic rings. The quantitative estimate of drug-likeness (QED) is 0.806. The Morgan fingerprint density at radius 3 is 2.55 bits per heavy atom. The summed E-state index contributed by atoms with van der Waals surface area (Å²) in [6.45, 7) is 1.92. The molecule has 1 heterocycles. The van der Waals surface area contributed by atoms with Crippen LogP contribution in [0, 0.1) is 5.82 Å². The van der Waals surface area contributed by atoms with Gasteiger partial charge in [-0.3, -0.25) is 4.90 Å². The van der Waals surface area contributed by atoms with Crippen molar-refractivity contribution < 1.29 is 23.5 Å². The normalized spacial score (nSPS) is 17.0. The summed E-state index contributed by atoms with van der Waals surface area (Å²) < 4.78 is 22.7. The SMILES string of the molecule is CCOC(=O)N1C=CC(c2ccc(F)cc2)C(C(=O)OC)=C1. The van der Waals surface area contributed by atoms with Crippen molar-refractivity contribution in [1.29, 1.82) is 0 Å². The van der Waals surface area contributed by atoms with Gasteiger partial charge in [0.2, 0.25) is 0 Å². The van der Waals surface area contributed by atoms with Crippen LogP contribution in [0.2, 0.25) is 0 Å². The number of nitrogens with zero attached hydrogens (tertiary/aromatic N) is 1. The summed E-state index contributed by atoms with van der Waals surface area (Å²) in [5, 5.41) is 0. The topological polar surface area (TPSA) is 55.8 Å². The number of rotatable bonds is 3. The molecule has 0 aliphatic carbocycles. The fourth-order valence-electron chi connectivity index (χ4n) is 2.13. The third-order valence-corrected chi connectivity index (χ3v) is 3.18. The first kappa shape index (κ1) is 15.8. The Labute approximate surface area is 127 Å². The monoisotopic (exact) mass is 305 g/mol. The van der Waals surface area contributed by atoms with Crippen LogP contribution in [0.4, 0.5) is 9.18 Å². The van der Waals surface area contributed by atoms with Crippen molar-refractivity contribution >= 4 is 12.1 Å². The van der Waals surface area contributed by atoms with E-state index in [0.29, 0.717) is 0 Å². The Morgan fingerprint density at radius 2 is 1.95 bits per heavy atom. The minimum absolute atomic E-state index is 0.228. The van der Waals surface area contributed by atoms with E-state index in [1.165, 1.54) is 36.5 Å².